The SMILES string of the molecule is CC(C)(C)OC(=O)N[C@@H]1C(=O)N2C(C(=O)OC(c3ccccc3)c3ccccc3)=C(CCl)CS[C@H]12. The smallest absolute Gasteiger partial charge is 0.408 e. The molecule has 0 bridgehead atoms. The van der Waals surface area contributed by atoms with E-state index in [-0.39, 0.29) is 11.6 Å². The number of alkyl halides is 1. The molecular formula is C26H27ClN2O5S. The Morgan fingerprint density at radius 2 is 1.66 bits per heavy atom. The number of fused-ring (bicyclic) bond motifs is 1. The summed E-state index contributed by atoms with van der Waals surface area (Å²) in [5.41, 5.74) is 1.68. The maximum atomic E-state index is 13.5. The molecule has 2 aromatic carbocycles. The normalized spacial score (nSPS) is 19.7. The van der Waals surface area contributed by atoms with E-state index in [0.717, 1.165) is 11.1 Å². The lowest BCUT2D eigenvalue weighted by molar-refractivity contribution is -0.153. The molecule has 2 aliphatic heterocycles. The lowest BCUT2D eigenvalue weighted by Gasteiger charge is -2.49. The van der Waals surface area contributed by atoms with Gasteiger partial charge >= 0.3 is 12.1 Å². The zero-order chi connectivity index (χ0) is 25.2. The van der Waals surface area contributed by atoms with Crippen LogP contribution in [0.2, 0.25) is 0 Å². The molecule has 2 heterocycles. The molecule has 35 heavy (non-hydrogen) atoms. The summed E-state index contributed by atoms with van der Waals surface area (Å²) in [6.07, 6.45) is -1.34. The number of carbonyl (C=O) groups excluding carboxylic acids is 3. The maximum absolute atomic E-state index is 13.5. The van der Waals surface area contributed by atoms with E-state index in [0.29, 0.717) is 11.3 Å². The monoisotopic (exact) mass is 514 g/mol. The van der Waals surface area contributed by atoms with Crippen molar-refractivity contribution in [2.24, 2.45) is 0 Å². The Kier molecular flexibility index (Phi) is 7.42. The van der Waals surface area contributed by atoms with E-state index >= 15 is 0 Å². The van der Waals surface area contributed by atoms with Crippen molar-refractivity contribution < 1.29 is 23.9 Å². The van der Waals surface area contributed by atoms with Crippen molar-refractivity contribution in [2.75, 3.05) is 11.6 Å². The van der Waals surface area contributed by atoms with Crippen LogP contribution in [-0.4, -0.2) is 51.5 Å². The Balaban J connectivity index is 1.57. The molecule has 0 radical (unpaired) electrons. The number of benzene rings is 2. The topological polar surface area (TPSA) is 84.9 Å². The number of hydrogen-bond acceptors (Lipinski definition) is 6. The molecule has 0 aromatic heterocycles. The molecule has 0 unspecified atom stereocenters. The fraction of sp³-hybridized carbons (Fsp3) is 0.346. The Morgan fingerprint density at radius 1 is 1.09 bits per heavy atom. The van der Waals surface area contributed by atoms with Crippen LogP contribution in [0, 0.1) is 0 Å². The van der Waals surface area contributed by atoms with Gasteiger partial charge in [0.05, 0.1) is 0 Å². The maximum Gasteiger partial charge on any atom is 0.408 e. The van der Waals surface area contributed by atoms with Crippen molar-refractivity contribution in [1.82, 2.24) is 10.2 Å². The average molecular weight is 515 g/mol. The molecule has 0 saturated carbocycles. The van der Waals surface area contributed by atoms with E-state index in [1.54, 1.807) is 20.8 Å². The Morgan fingerprint density at radius 3 is 2.17 bits per heavy atom. The predicted molar refractivity (Wildman–Crippen MR) is 135 cm³/mol. The standard InChI is InChI=1S/C26H27ClN2O5S/c1-26(2,3)34-25(32)28-19-22(30)29-20(18(14-27)15-35-23(19)29)24(31)33-21(16-10-6-4-7-11-16)17-12-8-5-9-13-17/h4-13,19,21,23H,14-15H2,1-3H3,(H,28,32)/t19-,23-/m1/s1. The second-order valence-corrected chi connectivity index (χ2v) is 10.6. The molecule has 1 saturated heterocycles. The first kappa shape index (κ1) is 25.1. The van der Waals surface area contributed by atoms with Gasteiger partial charge in [-0.2, -0.15) is 0 Å². The number of halogens is 1. The minimum atomic E-state index is -0.798. The number of hydrogen-bond donors (Lipinski definition) is 1. The zero-order valence-electron chi connectivity index (χ0n) is 19.7. The fourth-order valence-electron chi connectivity index (χ4n) is 3.96. The molecule has 9 heteroatoms. The van der Waals surface area contributed by atoms with E-state index in [2.05, 4.69) is 5.32 Å². The van der Waals surface area contributed by atoms with Crippen molar-refractivity contribution in [3.63, 3.8) is 0 Å². The molecule has 2 amide bonds. The number of β-lactam (4-membered cyclic amide) rings is 1. The summed E-state index contributed by atoms with van der Waals surface area (Å²) in [5.74, 6) is -0.512. The minimum Gasteiger partial charge on any atom is -0.448 e. The summed E-state index contributed by atoms with van der Waals surface area (Å²) in [6.45, 7) is 5.24. The van der Waals surface area contributed by atoms with Gasteiger partial charge < -0.3 is 14.8 Å². The summed E-state index contributed by atoms with van der Waals surface area (Å²) in [5, 5.41) is 2.18. The molecule has 1 N–H and O–H groups in total. The molecule has 7 nitrogen and oxygen atoms in total. The van der Waals surface area contributed by atoms with Crippen molar-refractivity contribution in [2.45, 2.75) is 43.9 Å². The molecular weight excluding hydrogens is 488 g/mol. The number of rotatable bonds is 6. The average Bonchev–Trinajstić information content (AvgIpc) is 2.84. The zero-order valence-corrected chi connectivity index (χ0v) is 21.3. The van der Waals surface area contributed by atoms with E-state index in [9.17, 15) is 14.4 Å². The molecule has 2 aliphatic rings. The Labute approximate surface area is 213 Å². The lowest BCUT2D eigenvalue weighted by Crippen LogP contribution is -2.70. The Bertz CT molecular complexity index is 1090. The van der Waals surface area contributed by atoms with Crippen LogP contribution in [0.3, 0.4) is 0 Å². The summed E-state index contributed by atoms with van der Waals surface area (Å²) in [4.78, 5) is 40.2. The highest BCUT2D eigenvalue weighted by Crippen LogP contribution is 2.42. The molecule has 0 aliphatic carbocycles. The highest BCUT2D eigenvalue weighted by molar-refractivity contribution is 8.00. The van der Waals surface area contributed by atoms with Gasteiger partial charge in [-0.1, -0.05) is 60.7 Å². The van der Waals surface area contributed by atoms with E-state index in [4.69, 9.17) is 21.1 Å². The third-order valence-electron chi connectivity index (χ3n) is 5.50. The van der Waals surface area contributed by atoms with E-state index in [1.807, 2.05) is 60.7 Å². The van der Waals surface area contributed by atoms with Crippen molar-refractivity contribution in [1.29, 1.82) is 0 Å². The quantitative estimate of drug-likeness (QED) is 0.344. The third kappa shape index (κ3) is 5.49. The molecule has 184 valence electrons. The molecule has 4 rings (SSSR count). The highest BCUT2D eigenvalue weighted by Gasteiger charge is 2.55. The summed E-state index contributed by atoms with van der Waals surface area (Å²) >= 11 is 7.60. The summed E-state index contributed by atoms with van der Waals surface area (Å²) < 4.78 is 11.3. The van der Waals surface area contributed by atoms with E-state index in [1.165, 1.54) is 16.7 Å². The first-order chi connectivity index (χ1) is 16.7. The van der Waals surface area contributed by atoms with Gasteiger partial charge in [0.15, 0.2) is 6.10 Å². The van der Waals surface area contributed by atoms with Gasteiger partial charge in [-0.05, 0) is 37.5 Å². The fourth-order valence-corrected chi connectivity index (χ4v) is 5.64. The van der Waals surface area contributed by atoms with Crippen LogP contribution in [0.4, 0.5) is 4.79 Å². The van der Waals surface area contributed by atoms with Crippen LogP contribution < -0.4 is 5.32 Å². The number of nitrogens with one attached hydrogen (secondary N) is 1. The molecule has 2 aromatic rings. The largest absolute Gasteiger partial charge is 0.448 e. The minimum absolute atomic E-state index is 0.0828. The van der Waals surface area contributed by atoms with Crippen molar-refractivity contribution in [3.8, 4) is 0 Å². The van der Waals surface area contributed by atoms with Gasteiger partial charge in [0.25, 0.3) is 5.91 Å². The lowest BCUT2D eigenvalue weighted by atomic mass is 10.0. The number of carbonyl (C=O) groups is 3. The third-order valence-corrected chi connectivity index (χ3v) is 7.17. The number of thioether (sulfide) groups is 1. The number of esters is 1. The molecule has 0 spiro atoms. The summed E-state index contributed by atoms with van der Waals surface area (Å²) in [6, 6.07) is 18.0. The van der Waals surface area contributed by atoms with Gasteiger partial charge in [-0.15, -0.1) is 23.4 Å². The molecule has 1 fully saturated rings. The highest BCUT2D eigenvalue weighted by atomic mass is 35.5. The van der Waals surface area contributed by atoms with Gasteiger partial charge in [-0.25, -0.2) is 9.59 Å². The number of alkyl carbamates (subject to hydrolysis) is 1. The van der Waals surface area contributed by atoms with Crippen LogP contribution >= 0.6 is 23.4 Å². The van der Waals surface area contributed by atoms with Crippen molar-refractivity contribution >= 4 is 41.3 Å². The Hall–Kier alpha value is -2.97. The second-order valence-electron chi connectivity index (χ2n) is 9.23. The number of amides is 2. The first-order valence-electron chi connectivity index (χ1n) is 11.2. The summed E-state index contributed by atoms with van der Waals surface area (Å²) in [7, 11) is 0. The first-order valence-corrected chi connectivity index (χ1v) is 12.8. The number of ether oxygens (including phenoxy) is 2. The molecule has 2 atom stereocenters. The van der Waals surface area contributed by atoms with Gasteiger partial charge in [-0.3, -0.25) is 9.69 Å². The second kappa shape index (κ2) is 10.3. The van der Waals surface area contributed by atoms with Crippen molar-refractivity contribution in [3.05, 3.63) is 83.1 Å². The van der Waals surface area contributed by atoms with Crippen LogP contribution in [0.15, 0.2) is 71.9 Å². The van der Waals surface area contributed by atoms with Gasteiger partial charge in [0.2, 0.25) is 0 Å². The predicted octanol–water partition coefficient (Wildman–Crippen LogP) is 4.62. The van der Waals surface area contributed by atoms with Gasteiger partial charge in [0, 0.05) is 11.6 Å². The van der Waals surface area contributed by atoms with Crippen LogP contribution in [0.1, 0.15) is 38.0 Å². The van der Waals surface area contributed by atoms with Crippen LogP contribution in [0.25, 0.3) is 0 Å². The number of nitrogens with zero attached hydrogens (tertiary/aromatic N) is 1. The van der Waals surface area contributed by atoms with Crippen LogP contribution in [0.5, 0.6) is 0 Å². The van der Waals surface area contributed by atoms with Crippen LogP contribution in [-0.2, 0) is 19.1 Å². The van der Waals surface area contributed by atoms with Gasteiger partial charge in [0.1, 0.15) is 22.7 Å². The van der Waals surface area contributed by atoms with E-state index < -0.39 is 41.1 Å².